The third-order valence-corrected chi connectivity index (χ3v) is 3.91. The van der Waals surface area contributed by atoms with E-state index in [1.807, 2.05) is 13.8 Å². The Morgan fingerprint density at radius 2 is 1.94 bits per heavy atom. The van der Waals surface area contributed by atoms with E-state index < -0.39 is 17.5 Å². The molecule has 0 aliphatic heterocycles. The molecule has 0 saturated heterocycles. The van der Waals surface area contributed by atoms with Crippen LogP contribution in [0, 0.1) is 11.8 Å². The highest BCUT2D eigenvalue weighted by molar-refractivity contribution is 5.87. The van der Waals surface area contributed by atoms with Crippen LogP contribution >= 0.6 is 0 Å². The molecule has 2 amide bonds. The van der Waals surface area contributed by atoms with Crippen molar-refractivity contribution in [1.29, 1.82) is 0 Å². The molecule has 0 radical (unpaired) electrons. The van der Waals surface area contributed by atoms with Crippen LogP contribution in [-0.2, 0) is 4.79 Å². The summed E-state index contributed by atoms with van der Waals surface area (Å²) in [4.78, 5) is 23.4. The Bertz CT molecular complexity index is 331. The molecule has 0 aromatic heterocycles. The van der Waals surface area contributed by atoms with E-state index in [9.17, 15) is 14.7 Å². The summed E-state index contributed by atoms with van der Waals surface area (Å²) in [5.74, 6) is -1.10. The summed E-state index contributed by atoms with van der Waals surface area (Å²) < 4.78 is 0. The summed E-state index contributed by atoms with van der Waals surface area (Å²) >= 11 is 0. The van der Waals surface area contributed by atoms with E-state index in [4.69, 9.17) is 0 Å². The zero-order chi connectivity index (χ0) is 13.8. The minimum Gasteiger partial charge on any atom is -0.479 e. The van der Waals surface area contributed by atoms with Crippen molar-refractivity contribution in [3.8, 4) is 0 Å². The van der Waals surface area contributed by atoms with Crippen molar-refractivity contribution in [1.82, 2.24) is 10.6 Å². The number of aliphatic carboxylic acids is 1. The van der Waals surface area contributed by atoms with Gasteiger partial charge in [-0.1, -0.05) is 26.3 Å². The monoisotopic (exact) mass is 254 g/mol. The normalized spacial score (nSPS) is 31.4. The van der Waals surface area contributed by atoms with E-state index in [1.54, 1.807) is 6.08 Å². The number of amides is 2. The molecule has 0 bridgehead atoms. The Labute approximate surface area is 108 Å². The Hall–Kier alpha value is -1.52. The van der Waals surface area contributed by atoms with Gasteiger partial charge in [-0.15, -0.1) is 6.58 Å². The molecule has 1 aliphatic carbocycles. The van der Waals surface area contributed by atoms with Gasteiger partial charge in [0.05, 0.1) is 0 Å². The lowest BCUT2D eigenvalue weighted by Crippen LogP contribution is -2.65. The van der Waals surface area contributed by atoms with Gasteiger partial charge >= 0.3 is 12.0 Å². The second kappa shape index (κ2) is 5.89. The van der Waals surface area contributed by atoms with Gasteiger partial charge in [-0.25, -0.2) is 9.59 Å². The van der Waals surface area contributed by atoms with Crippen LogP contribution in [0.3, 0.4) is 0 Å². The van der Waals surface area contributed by atoms with Crippen LogP contribution in [0.2, 0.25) is 0 Å². The lowest BCUT2D eigenvalue weighted by atomic mass is 9.67. The number of rotatable bonds is 4. The molecule has 1 fully saturated rings. The molecule has 0 aromatic carbocycles. The molecule has 0 heterocycles. The van der Waals surface area contributed by atoms with Crippen LogP contribution < -0.4 is 10.6 Å². The quantitative estimate of drug-likeness (QED) is 0.669. The highest BCUT2D eigenvalue weighted by Crippen LogP contribution is 2.38. The van der Waals surface area contributed by atoms with Crippen LogP contribution in [0.25, 0.3) is 0 Å². The van der Waals surface area contributed by atoms with Crippen molar-refractivity contribution < 1.29 is 14.7 Å². The minimum absolute atomic E-state index is 0.0757. The molecule has 0 aromatic rings. The van der Waals surface area contributed by atoms with Gasteiger partial charge in [-0.2, -0.15) is 0 Å². The van der Waals surface area contributed by atoms with Gasteiger partial charge in [0.15, 0.2) is 0 Å². The molecule has 1 rings (SSSR count). The third kappa shape index (κ3) is 2.66. The van der Waals surface area contributed by atoms with Crippen molar-refractivity contribution in [2.24, 2.45) is 11.8 Å². The van der Waals surface area contributed by atoms with Crippen LogP contribution in [-0.4, -0.2) is 29.2 Å². The molecular weight excluding hydrogens is 232 g/mol. The van der Waals surface area contributed by atoms with Gasteiger partial charge in [0.25, 0.3) is 0 Å². The van der Waals surface area contributed by atoms with Gasteiger partial charge in [0.1, 0.15) is 5.54 Å². The zero-order valence-electron chi connectivity index (χ0n) is 11.0. The first-order valence-corrected chi connectivity index (χ1v) is 6.35. The molecule has 2 unspecified atom stereocenters. The Kier molecular flexibility index (Phi) is 4.76. The van der Waals surface area contributed by atoms with Gasteiger partial charge in [-0.05, 0) is 24.7 Å². The number of hydrogen-bond donors (Lipinski definition) is 3. The van der Waals surface area contributed by atoms with Crippen LogP contribution in [0.5, 0.6) is 0 Å². The topological polar surface area (TPSA) is 78.4 Å². The van der Waals surface area contributed by atoms with E-state index in [2.05, 4.69) is 17.2 Å². The number of hydrogen-bond acceptors (Lipinski definition) is 2. The van der Waals surface area contributed by atoms with Gasteiger partial charge in [0.2, 0.25) is 0 Å². The van der Waals surface area contributed by atoms with Crippen molar-refractivity contribution in [2.75, 3.05) is 6.54 Å². The minimum atomic E-state index is -1.16. The maximum Gasteiger partial charge on any atom is 0.330 e. The fourth-order valence-electron chi connectivity index (χ4n) is 2.79. The molecule has 3 N–H and O–H groups in total. The first-order chi connectivity index (χ1) is 8.45. The van der Waals surface area contributed by atoms with Crippen LogP contribution in [0.4, 0.5) is 4.79 Å². The van der Waals surface area contributed by atoms with E-state index in [0.717, 1.165) is 19.3 Å². The zero-order valence-corrected chi connectivity index (χ0v) is 11.0. The predicted molar refractivity (Wildman–Crippen MR) is 69.3 cm³/mol. The Morgan fingerprint density at radius 3 is 2.39 bits per heavy atom. The summed E-state index contributed by atoms with van der Waals surface area (Å²) in [5, 5.41) is 14.8. The fraction of sp³-hybridized carbons (Fsp3) is 0.692. The third-order valence-electron chi connectivity index (χ3n) is 3.91. The molecule has 5 nitrogen and oxygen atoms in total. The van der Waals surface area contributed by atoms with Crippen molar-refractivity contribution in [3.63, 3.8) is 0 Å². The molecule has 18 heavy (non-hydrogen) atoms. The maximum absolute atomic E-state index is 11.7. The van der Waals surface area contributed by atoms with Crippen molar-refractivity contribution >= 4 is 12.0 Å². The number of carboxylic acids is 1. The fourth-order valence-corrected chi connectivity index (χ4v) is 2.79. The number of nitrogens with one attached hydrogen (secondary N) is 2. The summed E-state index contributed by atoms with van der Waals surface area (Å²) in [6, 6.07) is -0.446. The van der Waals surface area contributed by atoms with Crippen molar-refractivity contribution in [3.05, 3.63) is 12.7 Å². The number of carboxylic acid groups (broad SMARTS) is 1. The second-order valence-corrected chi connectivity index (χ2v) is 5.03. The number of carbonyl (C=O) groups is 2. The van der Waals surface area contributed by atoms with Crippen LogP contribution in [0.15, 0.2) is 12.7 Å². The first-order valence-electron chi connectivity index (χ1n) is 6.35. The molecule has 5 heteroatoms. The number of urea groups is 1. The molecule has 1 aliphatic rings. The molecule has 0 spiro atoms. The lowest BCUT2D eigenvalue weighted by molar-refractivity contribution is -0.151. The highest BCUT2D eigenvalue weighted by atomic mass is 16.4. The van der Waals surface area contributed by atoms with E-state index in [0.29, 0.717) is 6.54 Å². The van der Waals surface area contributed by atoms with E-state index in [-0.39, 0.29) is 11.8 Å². The van der Waals surface area contributed by atoms with E-state index >= 15 is 0 Å². The summed E-state index contributed by atoms with van der Waals surface area (Å²) in [6.07, 6.45) is 4.20. The summed E-state index contributed by atoms with van der Waals surface area (Å²) in [7, 11) is 0. The standard InChI is InChI=1S/C13H22N2O3/c1-4-8-14-12(18)15-13(11(16)17)9(2)6-5-7-10(13)3/h4,9-10H,1,5-8H2,2-3H3,(H,16,17)(H2,14,15,18). The predicted octanol–water partition coefficient (Wildman–Crippen LogP) is 1.75. The van der Waals surface area contributed by atoms with Gasteiger partial charge < -0.3 is 15.7 Å². The van der Waals surface area contributed by atoms with Crippen molar-refractivity contribution in [2.45, 2.75) is 38.6 Å². The Balaban J connectivity index is 2.88. The number of carbonyl (C=O) groups excluding carboxylic acids is 1. The van der Waals surface area contributed by atoms with E-state index in [1.165, 1.54) is 0 Å². The molecular formula is C13H22N2O3. The highest BCUT2D eigenvalue weighted by Gasteiger charge is 2.51. The first kappa shape index (κ1) is 14.5. The molecule has 102 valence electrons. The SMILES string of the molecule is C=CCNC(=O)NC1(C(=O)O)C(C)CCCC1C. The Morgan fingerprint density at radius 1 is 1.39 bits per heavy atom. The molecule has 1 saturated carbocycles. The van der Waals surface area contributed by atoms with Gasteiger partial charge in [-0.3, -0.25) is 0 Å². The smallest absolute Gasteiger partial charge is 0.330 e. The maximum atomic E-state index is 11.7. The largest absolute Gasteiger partial charge is 0.479 e. The summed E-state index contributed by atoms with van der Waals surface area (Å²) in [5.41, 5.74) is -1.16. The van der Waals surface area contributed by atoms with Crippen LogP contribution in [0.1, 0.15) is 33.1 Å². The molecule has 2 atom stereocenters. The average molecular weight is 254 g/mol. The van der Waals surface area contributed by atoms with Gasteiger partial charge in [0, 0.05) is 6.54 Å². The second-order valence-electron chi connectivity index (χ2n) is 5.03. The summed E-state index contributed by atoms with van der Waals surface area (Å²) in [6.45, 7) is 7.60. The average Bonchev–Trinajstić information content (AvgIpc) is 2.31. The lowest BCUT2D eigenvalue weighted by Gasteiger charge is -2.44.